The Bertz CT molecular complexity index is 808. The fourth-order valence-electron chi connectivity index (χ4n) is 2.12. The van der Waals surface area contributed by atoms with Crippen molar-refractivity contribution in [3.8, 4) is 0 Å². The van der Waals surface area contributed by atoms with Crippen molar-refractivity contribution in [3.63, 3.8) is 0 Å². The van der Waals surface area contributed by atoms with Crippen molar-refractivity contribution in [1.29, 1.82) is 0 Å². The Balaban J connectivity index is 1.70. The topological polar surface area (TPSA) is 144 Å². The maximum Gasteiger partial charge on any atom is 0.322 e. The molecule has 0 saturated carbocycles. The zero-order valence-corrected chi connectivity index (χ0v) is 14.5. The van der Waals surface area contributed by atoms with E-state index in [-0.39, 0.29) is 32.0 Å². The molecule has 0 saturated heterocycles. The second kappa shape index (κ2) is 9.88. The number of carboxylic acids is 1. The number of carboxylic acid groups (broad SMARTS) is 1. The van der Waals surface area contributed by atoms with Gasteiger partial charge in [0, 0.05) is 11.3 Å². The molecular formula is C18H20N4O5. The van der Waals surface area contributed by atoms with Gasteiger partial charge in [-0.2, -0.15) is 0 Å². The molecule has 142 valence electrons. The number of Topliss-reactive ketones (excluding diaryl/α,β-unsaturated/α-hetero) is 1. The molecule has 0 aliphatic rings. The predicted molar refractivity (Wildman–Crippen MR) is 98.2 cm³/mol. The Hall–Kier alpha value is -3.46. The smallest absolute Gasteiger partial charge is 0.322 e. The van der Waals surface area contributed by atoms with Crippen molar-refractivity contribution in [3.05, 3.63) is 53.7 Å². The largest absolute Gasteiger partial charge is 0.480 e. The summed E-state index contributed by atoms with van der Waals surface area (Å²) in [6.07, 6.45) is 0. The van der Waals surface area contributed by atoms with E-state index >= 15 is 0 Å². The number of aliphatic carboxylic acids is 1. The SMILES string of the molecule is Nc1cccc(COC(=O)CNCC(=O)c2ccc(NCC(=O)O)cc2)n1. The summed E-state index contributed by atoms with van der Waals surface area (Å²) in [6, 6.07) is 11.4. The molecule has 0 radical (unpaired) electrons. The molecule has 9 heteroatoms. The molecule has 0 bridgehead atoms. The first kappa shape index (κ1) is 19.9. The summed E-state index contributed by atoms with van der Waals surface area (Å²) >= 11 is 0. The highest BCUT2D eigenvalue weighted by Crippen LogP contribution is 2.09. The van der Waals surface area contributed by atoms with Crippen LogP contribution in [0.15, 0.2) is 42.5 Å². The highest BCUT2D eigenvalue weighted by Gasteiger charge is 2.09. The first-order valence-electron chi connectivity index (χ1n) is 8.10. The first-order valence-corrected chi connectivity index (χ1v) is 8.10. The molecule has 0 fully saturated rings. The number of esters is 1. The fraction of sp³-hybridized carbons (Fsp3) is 0.222. The number of nitrogens with one attached hydrogen (secondary N) is 2. The number of nitrogen functional groups attached to an aromatic ring is 1. The second-order valence-electron chi connectivity index (χ2n) is 5.57. The zero-order valence-electron chi connectivity index (χ0n) is 14.5. The third-order valence-electron chi connectivity index (χ3n) is 3.41. The van der Waals surface area contributed by atoms with E-state index in [1.807, 2.05) is 0 Å². The number of rotatable bonds is 10. The number of pyridine rings is 1. The van der Waals surface area contributed by atoms with Crippen molar-refractivity contribution in [2.24, 2.45) is 0 Å². The third-order valence-corrected chi connectivity index (χ3v) is 3.41. The molecule has 0 unspecified atom stereocenters. The van der Waals surface area contributed by atoms with Crippen LogP contribution in [0.5, 0.6) is 0 Å². The van der Waals surface area contributed by atoms with Gasteiger partial charge >= 0.3 is 11.9 Å². The number of ether oxygens (including phenoxy) is 1. The second-order valence-corrected chi connectivity index (χ2v) is 5.57. The van der Waals surface area contributed by atoms with Gasteiger partial charge in [-0.3, -0.25) is 19.7 Å². The average molecular weight is 372 g/mol. The standard InChI is InChI=1S/C18H20N4O5/c19-16-3-1-2-14(22-16)11-27-18(26)10-20-8-15(23)12-4-6-13(7-5-12)21-9-17(24)25/h1-7,20-21H,8-11H2,(H2,19,22)(H,24,25). The molecular weight excluding hydrogens is 352 g/mol. The lowest BCUT2D eigenvalue weighted by Gasteiger charge is -2.07. The summed E-state index contributed by atoms with van der Waals surface area (Å²) in [5.74, 6) is -1.35. The van der Waals surface area contributed by atoms with Crippen molar-refractivity contribution in [2.75, 3.05) is 30.7 Å². The number of aromatic nitrogens is 1. The van der Waals surface area contributed by atoms with Crippen molar-refractivity contribution in [1.82, 2.24) is 10.3 Å². The van der Waals surface area contributed by atoms with E-state index in [9.17, 15) is 14.4 Å². The Kier molecular flexibility index (Phi) is 7.26. The Morgan fingerprint density at radius 3 is 2.44 bits per heavy atom. The minimum Gasteiger partial charge on any atom is -0.480 e. The predicted octanol–water partition coefficient (Wildman–Crippen LogP) is 0.676. The molecule has 1 aromatic carbocycles. The average Bonchev–Trinajstić information content (AvgIpc) is 2.65. The molecule has 9 nitrogen and oxygen atoms in total. The Morgan fingerprint density at radius 2 is 1.78 bits per heavy atom. The lowest BCUT2D eigenvalue weighted by molar-refractivity contribution is -0.144. The highest BCUT2D eigenvalue weighted by atomic mass is 16.5. The van der Waals surface area contributed by atoms with Gasteiger partial charge in [0.15, 0.2) is 5.78 Å². The number of nitrogens with two attached hydrogens (primary N) is 1. The monoisotopic (exact) mass is 372 g/mol. The summed E-state index contributed by atoms with van der Waals surface area (Å²) in [7, 11) is 0. The molecule has 27 heavy (non-hydrogen) atoms. The van der Waals surface area contributed by atoms with Crippen LogP contribution in [0.3, 0.4) is 0 Å². The number of carbonyl (C=O) groups excluding carboxylic acids is 2. The van der Waals surface area contributed by atoms with Crippen molar-refractivity contribution >= 4 is 29.2 Å². The van der Waals surface area contributed by atoms with Crippen LogP contribution in [-0.4, -0.2) is 47.4 Å². The zero-order chi connectivity index (χ0) is 19.6. The van der Waals surface area contributed by atoms with E-state index in [1.54, 1.807) is 42.5 Å². The molecule has 0 amide bonds. The fourth-order valence-corrected chi connectivity index (χ4v) is 2.12. The van der Waals surface area contributed by atoms with E-state index in [2.05, 4.69) is 15.6 Å². The highest BCUT2D eigenvalue weighted by molar-refractivity contribution is 5.98. The number of hydrogen-bond acceptors (Lipinski definition) is 8. The van der Waals surface area contributed by atoms with E-state index in [1.165, 1.54) is 0 Å². The molecule has 2 rings (SSSR count). The number of nitrogens with zero attached hydrogens (tertiary/aromatic N) is 1. The van der Waals surface area contributed by atoms with Gasteiger partial charge in [-0.15, -0.1) is 0 Å². The van der Waals surface area contributed by atoms with Crippen LogP contribution in [0, 0.1) is 0 Å². The van der Waals surface area contributed by atoms with Gasteiger partial charge in [-0.1, -0.05) is 6.07 Å². The van der Waals surface area contributed by atoms with Gasteiger partial charge in [-0.25, -0.2) is 4.98 Å². The lowest BCUT2D eigenvalue weighted by atomic mass is 10.1. The van der Waals surface area contributed by atoms with E-state index in [4.69, 9.17) is 15.6 Å². The van der Waals surface area contributed by atoms with E-state index in [0.717, 1.165) is 0 Å². The van der Waals surface area contributed by atoms with Crippen LogP contribution in [-0.2, 0) is 20.9 Å². The van der Waals surface area contributed by atoms with Crippen molar-refractivity contribution in [2.45, 2.75) is 6.61 Å². The number of ketones is 1. The third kappa shape index (κ3) is 7.12. The Morgan fingerprint density at radius 1 is 1.04 bits per heavy atom. The van der Waals surface area contributed by atoms with Crippen LogP contribution >= 0.6 is 0 Å². The maximum absolute atomic E-state index is 12.1. The minimum absolute atomic E-state index is 0.00427. The number of carbonyl (C=O) groups is 3. The number of hydrogen-bond donors (Lipinski definition) is 4. The molecule has 1 aromatic heterocycles. The molecule has 5 N–H and O–H groups in total. The van der Waals surface area contributed by atoms with Crippen LogP contribution in [0.2, 0.25) is 0 Å². The summed E-state index contributed by atoms with van der Waals surface area (Å²) in [6.45, 7) is -0.355. The molecule has 0 atom stereocenters. The number of benzene rings is 1. The summed E-state index contributed by atoms with van der Waals surface area (Å²) in [4.78, 5) is 38.2. The lowest BCUT2D eigenvalue weighted by Crippen LogP contribution is -2.29. The van der Waals surface area contributed by atoms with Gasteiger partial charge in [0.05, 0.1) is 18.8 Å². The van der Waals surface area contributed by atoms with Gasteiger partial charge in [0.25, 0.3) is 0 Å². The maximum atomic E-state index is 12.1. The van der Waals surface area contributed by atoms with Crippen LogP contribution in [0.25, 0.3) is 0 Å². The molecule has 2 aromatic rings. The van der Waals surface area contributed by atoms with Gasteiger partial charge in [0.1, 0.15) is 19.0 Å². The van der Waals surface area contributed by atoms with Crippen molar-refractivity contribution < 1.29 is 24.2 Å². The molecule has 0 aliphatic heterocycles. The van der Waals surface area contributed by atoms with Crippen LogP contribution in [0.4, 0.5) is 11.5 Å². The first-order chi connectivity index (χ1) is 12.9. The normalized spacial score (nSPS) is 10.2. The van der Waals surface area contributed by atoms with Gasteiger partial charge in [0.2, 0.25) is 0 Å². The van der Waals surface area contributed by atoms with Gasteiger partial charge < -0.3 is 20.9 Å². The molecule has 0 aliphatic carbocycles. The van der Waals surface area contributed by atoms with E-state index in [0.29, 0.717) is 22.8 Å². The van der Waals surface area contributed by atoms with E-state index < -0.39 is 11.9 Å². The van der Waals surface area contributed by atoms with Crippen LogP contribution < -0.4 is 16.4 Å². The quantitative estimate of drug-likeness (QED) is 0.349. The molecule has 1 heterocycles. The summed E-state index contributed by atoms with van der Waals surface area (Å²) in [5, 5.41) is 14.0. The van der Waals surface area contributed by atoms with Crippen LogP contribution in [0.1, 0.15) is 16.1 Å². The van der Waals surface area contributed by atoms with Gasteiger partial charge in [-0.05, 0) is 36.4 Å². The Labute approximate surface area is 155 Å². The number of anilines is 2. The summed E-state index contributed by atoms with van der Waals surface area (Å²) < 4.78 is 5.05. The minimum atomic E-state index is -0.974. The summed E-state index contributed by atoms with van der Waals surface area (Å²) in [5.41, 5.74) is 7.12. The molecule has 0 spiro atoms.